The molecule has 0 N–H and O–H groups in total. The number of allylic oxidation sites excluding steroid dienone is 3. The number of para-hydroxylation sites is 4. The molecule has 1 heterocycles. The first-order valence-corrected chi connectivity index (χ1v) is 16.3. The molecule has 0 saturated carbocycles. The highest BCUT2D eigenvalue weighted by Gasteiger charge is 2.20. The Bertz CT molecular complexity index is 2140. The van der Waals surface area contributed by atoms with E-state index < -0.39 is 0 Å². The van der Waals surface area contributed by atoms with E-state index in [0.29, 0.717) is 0 Å². The van der Waals surface area contributed by atoms with Gasteiger partial charge in [-0.15, -0.1) is 0 Å². The van der Waals surface area contributed by atoms with Gasteiger partial charge >= 0.3 is 0 Å². The fraction of sp³-hybridized carbons (Fsp3) is 0.0455. The van der Waals surface area contributed by atoms with E-state index in [-0.39, 0.29) is 0 Å². The van der Waals surface area contributed by atoms with Crippen LogP contribution >= 0.6 is 0 Å². The summed E-state index contributed by atoms with van der Waals surface area (Å²) in [6.45, 7) is 0. The zero-order valence-corrected chi connectivity index (χ0v) is 26.2. The predicted molar refractivity (Wildman–Crippen MR) is 198 cm³/mol. The molecule has 7 aromatic rings. The van der Waals surface area contributed by atoms with Gasteiger partial charge in [0, 0.05) is 51.4 Å². The van der Waals surface area contributed by atoms with Crippen LogP contribution in [0.1, 0.15) is 12.8 Å². The molecule has 1 aromatic heterocycles. The van der Waals surface area contributed by atoms with Crippen LogP contribution in [-0.4, -0.2) is 4.57 Å². The molecule has 0 radical (unpaired) electrons. The van der Waals surface area contributed by atoms with Crippen molar-refractivity contribution in [1.82, 2.24) is 4.57 Å². The lowest BCUT2D eigenvalue weighted by Gasteiger charge is -2.31. The van der Waals surface area contributed by atoms with Gasteiger partial charge in [-0.25, -0.2) is 0 Å². The molecule has 1 aliphatic carbocycles. The van der Waals surface area contributed by atoms with E-state index in [9.17, 15) is 0 Å². The summed E-state index contributed by atoms with van der Waals surface area (Å²) >= 11 is 0. The maximum Gasteiger partial charge on any atom is 0.0528 e. The van der Waals surface area contributed by atoms with Crippen molar-refractivity contribution in [3.63, 3.8) is 0 Å². The van der Waals surface area contributed by atoms with E-state index in [2.05, 4.69) is 203 Å². The summed E-state index contributed by atoms with van der Waals surface area (Å²) in [6, 6.07) is 58.6. The van der Waals surface area contributed by atoms with Crippen molar-refractivity contribution in [3.8, 4) is 16.8 Å². The van der Waals surface area contributed by atoms with Gasteiger partial charge in [-0.2, -0.15) is 0 Å². The molecule has 3 heteroatoms. The smallest absolute Gasteiger partial charge is 0.0528 e. The molecule has 0 spiro atoms. The van der Waals surface area contributed by atoms with E-state index in [1.165, 1.54) is 22.2 Å². The van der Waals surface area contributed by atoms with Crippen molar-refractivity contribution in [2.45, 2.75) is 12.8 Å². The second-order valence-corrected chi connectivity index (χ2v) is 11.8. The zero-order chi connectivity index (χ0) is 31.4. The summed E-state index contributed by atoms with van der Waals surface area (Å²) in [7, 11) is 0. The van der Waals surface area contributed by atoms with Crippen LogP contribution in [0.2, 0.25) is 0 Å². The minimum absolute atomic E-state index is 1.02. The van der Waals surface area contributed by atoms with Crippen LogP contribution in [0.3, 0.4) is 0 Å². The summed E-state index contributed by atoms with van der Waals surface area (Å²) in [5.74, 6) is 0. The lowest BCUT2D eigenvalue weighted by atomic mass is 10.00. The van der Waals surface area contributed by atoms with Gasteiger partial charge in [0.2, 0.25) is 0 Å². The van der Waals surface area contributed by atoms with Crippen LogP contribution in [0, 0.1) is 0 Å². The van der Waals surface area contributed by atoms with Crippen LogP contribution in [0.4, 0.5) is 28.4 Å². The molecule has 0 bridgehead atoms. The van der Waals surface area contributed by atoms with Crippen LogP contribution in [0.5, 0.6) is 0 Å². The second-order valence-electron chi connectivity index (χ2n) is 11.8. The van der Waals surface area contributed by atoms with Crippen molar-refractivity contribution in [2.24, 2.45) is 0 Å². The third kappa shape index (κ3) is 5.76. The number of nitrogens with zero attached hydrogens (tertiary/aromatic N) is 3. The first-order chi connectivity index (χ1) is 23.3. The molecule has 0 amide bonds. The van der Waals surface area contributed by atoms with E-state index in [1.54, 1.807) is 0 Å². The number of anilines is 5. The summed E-state index contributed by atoms with van der Waals surface area (Å²) in [4.78, 5) is 4.74. The number of rotatable bonds is 8. The van der Waals surface area contributed by atoms with Crippen LogP contribution in [0.25, 0.3) is 27.7 Å². The van der Waals surface area contributed by atoms with Crippen LogP contribution in [0.15, 0.2) is 194 Å². The van der Waals surface area contributed by atoms with Crippen molar-refractivity contribution >= 4 is 39.3 Å². The van der Waals surface area contributed by atoms with Gasteiger partial charge in [0.25, 0.3) is 0 Å². The summed E-state index contributed by atoms with van der Waals surface area (Å²) in [5.41, 5.74) is 11.4. The fourth-order valence-corrected chi connectivity index (χ4v) is 6.55. The summed E-state index contributed by atoms with van der Waals surface area (Å²) in [6.07, 6.45) is 11.1. The molecule has 8 rings (SSSR count). The van der Waals surface area contributed by atoms with Crippen molar-refractivity contribution in [1.29, 1.82) is 0 Å². The van der Waals surface area contributed by atoms with Crippen LogP contribution < -0.4 is 9.80 Å². The Labute approximate surface area is 276 Å². The van der Waals surface area contributed by atoms with Gasteiger partial charge in [-0.1, -0.05) is 91.0 Å². The highest BCUT2D eigenvalue weighted by Crippen LogP contribution is 2.42. The maximum atomic E-state index is 2.39. The van der Waals surface area contributed by atoms with Gasteiger partial charge < -0.3 is 14.4 Å². The highest BCUT2D eigenvalue weighted by molar-refractivity contribution is 5.90. The summed E-state index contributed by atoms with van der Waals surface area (Å²) < 4.78 is 2.26. The predicted octanol–water partition coefficient (Wildman–Crippen LogP) is 12.1. The average Bonchev–Trinajstić information content (AvgIpc) is 3.58. The molecule has 0 saturated heterocycles. The molecule has 0 aliphatic heterocycles. The molecular weight excluding hydrogens is 571 g/mol. The highest BCUT2D eigenvalue weighted by atomic mass is 15.2. The SMILES string of the molecule is C1=CC(N(c2ccccc2)c2cc(-c3ccc4c(ccn4-c4ccccc4)c3)cc(N(c3ccccc3)c3ccccc3)c2)=CCC1. The van der Waals surface area contributed by atoms with E-state index in [0.717, 1.165) is 52.5 Å². The minimum atomic E-state index is 1.02. The zero-order valence-electron chi connectivity index (χ0n) is 26.2. The third-order valence-electron chi connectivity index (χ3n) is 8.75. The number of benzene rings is 6. The Morgan fingerprint density at radius 1 is 0.447 bits per heavy atom. The van der Waals surface area contributed by atoms with Crippen molar-refractivity contribution in [3.05, 3.63) is 194 Å². The number of aromatic nitrogens is 1. The van der Waals surface area contributed by atoms with E-state index in [4.69, 9.17) is 0 Å². The largest absolute Gasteiger partial charge is 0.317 e. The van der Waals surface area contributed by atoms with Gasteiger partial charge in [0.1, 0.15) is 0 Å². The molecule has 0 atom stereocenters. The molecule has 226 valence electrons. The van der Waals surface area contributed by atoms with Crippen molar-refractivity contribution in [2.75, 3.05) is 9.80 Å². The molecule has 0 fully saturated rings. The minimum Gasteiger partial charge on any atom is -0.317 e. The fourth-order valence-electron chi connectivity index (χ4n) is 6.55. The average molecular weight is 606 g/mol. The molecule has 6 aromatic carbocycles. The van der Waals surface area contributed by atoms with Gasteiger partial charge in [0.05, 0.1) is 5.52 Å². The molecule has 1 aliphatic rings. The van der Waals surface area contributed by atoms with E-state index in [1.807, 2.05) is 0 Å². The van der Waals surface area contributed by atoms with Gasteiger partial charge in [-0.3, -0.25) is 0 Å². The Balaban J connectivity index is 1.34. The first kappa shape index (κ1) is 28.4. The molecule has 0 unspecified atom stereocenters. The number of fused-ring (bicyclic) bond motifs is 1. The standard InChI is InChI=1S/C44H35N3/c1-6-16-37(17-7-1)45-29-28-35-30-34(26-27-44(35)45)36-31-42(46(38-18-8-2-9-19-38)39-20-10-3-11-21-39)33-43(32-36)47(40-22-12-4-13-23-40)41-24-14-5-15-25-41/h1-4,6-14,16-33H,5,15H2. The maximum absolute atomic E-state index is 2.39. The Hall–Kier alpha value is -6.06. The molecule has 3 nitrogen and oxygen atoms in total. The quantitative estimate of drug-likeness (QED) is 0.171. The lowest BCUT2D eigenvalue weighted by molar-refractivity contribution is 0.997. The second kappa shape index (κ2) is 12.7. The number of hydrogen-bond donors (Lipinski definition) is 0. The lowest BCUT2D eigenvalue weighted by Crippen LogP contribution is -2.17. The third-order valence-corrected chi connectivity index (χ3v) is 8.75. The van der Waals surface area contributed by atoms with Crippen molar-refractivity contribution < 1.29 is 0 Å². The number of hydrogen-bond acceptors (Lipinski definition) is 2. The van der Waals surface area contributed by atoms with E-state index >= 15 is 0 Å². The Kier molecular flexibility index (Phi) is 7.70. The monoisotopic (exact) mass is 605 g/mol. The van der Waals surface area contributed by atoms with Gasteiger partial charge in [0.15, 0.2) is 0 Å². The Morgan fingerprint density at radius 3 is 1.62 bits per heavy atom. The Morgan fingerprint density at radius 2 is 1.02 bits per heavy atom. The first-order valence-electron chi connectivity index (χ1n) is 16.3. The summed E-state index contributed by atoms with van der Waals surface area (Å²) in [5, 5.41) is 1.21. The normalized spacial score (nSPS) is 12.6. The molecular formula is C44H35N3. The van der Waals surface area contributed by atoms with Crippen LogP contribution in [-0.2, 0) is 0 Å². The topological polar surface area (TPSA) is 11.4 Å². The van der Waals surface area contributed by atoms with Gasteiger partial charge in [-0.05, 0) is 115 Å². The molecule has 47 heavy (non-hydrogen) atoms.